The monoisotopic (exact) mass is 409 g/mol. The van der Waals surface area contributed by atoms with E-state index in [0.29, 0.717) is 12.0 Å². The number of hydrogen-bond acceptors (Lipinski definition) is 2. The number of benzene rings is 1. The lowest BCUT2D eigenvalue weighted by molar-refractivity contribution is -0.0536. The third-order valence-electron chi connectivity index (χ3n) is 8.61. The van der Waals surface area contributed by atoms with Crippen LogP contribution in [0.25, 0.3) is 0 Å². The Morgan fingerprint density at radius 3 is 2.07 bits per heavy atom. The molecular formula is C26H39N3O. The van der Waals surface area contributed by atoms with Crippen molar-refractivity contribution in [1.82, 2.24) is 4.90 Å². The Bertz CT molecular complexity index is 709. The molecule has 5 fully saturated rings. The summed E-state index contributed by atoms with van der Waals surface area (Å²) in [5.74, 6) is 4.07. The van der Waals surface area contributed by atoms with E-state index in [4.69, 9.17) is 0 Å². The molecule has 0 spiro atoms. The summed E-state index contributed by atoms with van der Waals surface area (Å²) in [7, 11) is 4.10. The first-order valence-corrected chi connectivity index (χ1v) is 12.4. The largest absolute Gasteiger partial charge is 0.378 e. The van der Waals surface area contributed by atoms with Crippen LogP contribution in [0.2, 0.25) is 0 Å². The number of amides is 2. The summed E-state index contributed by atoms with van der Waals surface area (Å²) in [6, 6.07) is 8.89. The molecule has 5 aliphatic rings. The Kier molecular flexibility index (Phi) is 5.68. The first-order valence-electron chi connectivity index (χ1n) is 12.4. The number of hydrogen-bond donors (Lipinski definition) is 1. The molecule has 0 heterocycles. The third-order valence-corrected chi connectivity index (χ3v) is 8.61. The second-order valence-corrected chi connectivity index (χ2v) is 10.9. The topological polar surface area (TPSA) is 35.6 Å². The van der Waals surface area contributed by atoms with E-state index in [0.717, 1.165) is 41.6 Å². The van der Waals surface area contributed by atoms with E-state index in [9.17, 15) is 4.79 Å². The molecule has 0 radical (unpaired) electrons. The van der Waals surface area contributed by atoms with Gasteiger partial charge in [-0.2, -0.15) is 0 Å². The predicted octanol–water partition coefficient (Wildman–Crippen LogP) is 5.99. The molecule has 30 heavy (non-hydrogen) atoms. The van der Waals surface area contributed by atoms with Gasteiger partial charge in [-0.3, -0.25) is 0 Å². The summed E-state index contributed by atoms with van der Waals surface area (Å²) >= 11 is 0. The van der Waals surface area contributed by atoms with Crippen molar-refractivity contribution >= 4 is 17.4 Å². The van der Waals surface area contributed by atoms with Crippen LogP contribution in [-0.4, -0.2) is 37.6 Å². The zero-order valence-electron chi connectivity index (χ0n) is 18.9. The van der Waals surface area contributed by atoms with Gasteiger partial charge in [-0.1, -0.05) is 19.3 Å². The van der Waals surface area contributed by atoms with Gasteiger partial charge >= 0.3 is 6.03 Å². The van der Waals surface area contributed by atoms with Gasteiger partial charge in [-0.25, -0.2) is 4.79 Å². The summed E-state index contributed by atoms with van der Waals surface area (Å²) in [5, 5.41) is 3.28. The van der Waals surface area contributed by atoms with E-state index < -0.39 is 0 Å². The SMILES string of the molecule is CN(C)c1ccc(NC(=O)N(CC2CCCCC2)C2C3CC4CC(C3)CC2C4)cc1. The molecule has 0 aromatic heterocycles. The fourth-order valence-electron chi connectivity index (χ4n) is 7.43. The van der Waals surface area contributed by atoms with E-state index in [1.807, 2.05) is 26.2 Å². The van der Waals surface area contributed by atoms with Crippen molar-refractivity contribution < 1.29 is 4.79 Å². The first kappa shape index (κ1) is 20.2. The van der Waals surface area contributed by atoms with Gasteiger partial charge in [0.1, 0.15) is 0 Å². The minimum atomic E-state index is 0.149. The van der Waals surface area contributed by atoms with E-state index in [1.54, 1.807) is 0 Å². The molecule has 4 heteroatoms. The highest BCUT2D eigenvalue weighted by atomic mass is 16.2. The highest BCUT2D eigenvalue weighted by Crippen LogP contribution is 2.55. The van der Waals surface area contributed by atoms with Gasteiger partial charge in [-0.15, -0.1) is 0 Å². The minimum Gasteiger partial charge on any atom is -0.378 e. The van der Waals surface area contributed by atoms with Gasteiger partial charge in [0.05, 0.1) is 0 Å². The van der Waals surface area contributed by atoms with E-state index >= 15 is 0 Å². The maximum atomic E-state index is 13.6. The zero-order valence-corrected chi connectivity index (χ0v) is 18.9. The number of nitrogens with zero attached hydrogens (tertiary/aromatic N) is 2. The van der Waals surface area contributed by atoms with E-state index in [-0.39, 0.29) is 6.03 Å². The molecule has 6 rings (SSSR count). The normalized spacial score (nSPS) is 32.8. The maximum Gasteiger partial charge on any atom is 0.322 e. The first-order chi connectivity index (χ1) is 14.6. The van der Waals surface area contributed by atoms with Crippen LogP contribution in [0.4, 0.5) is 16.2 Å². The van der Waals surface area contributed by atoms with Crippen LogP contribution in [0, 0.1) is 29.6 Å². The van der Waals surface area contributed by atoms with E-state index in [1.165, 1.54) is 64.2 Å². The van der Waals surface area contributed by atoms with Crippen LogP contribution < -0.4 is 10.2 Å². The molecule has 1 N–H and O–H groups in total. The minimum absolute atomic E-state index is 0.149. The lowest BCUT2D eigenvalue weighted by Gasteiger charge is -2.57. The molecule has 5 aliphatic carbocycles. The Hall–Kier alpha value is -1.71. The van der Waals surface area contributed by atoms with Crippen LogP contribution in [0.5, 0.6) is 0 Å². The van der Waals surface area contributed by atoms with Crippen molar-refractivity contribution in [1.29, 1.82) is 0 Å². The van der Waals surface area contributed by atoms with Gasteiger partial charge in [0, 0.05) is 38.1 Å². The molecule has 0 aliphatic heterocycles. The Morgan fingerprint density at radius 1 is 0.900 bits per heavy atom. The number of urea groups is 1. The van der Waals surface area contributed by atoms with Crippen molar-refractivity contribution in [2.24, 2.45) is 29.6 Å². The predicted molar refractivity (Wildman–Crippen MR) is 124 cm³/mol. The Morgan fingerprint density at radius 2 is 1.50 bits per heavy atom. The molecular weight excluding hydrogens is 370 g/mol. The summed E-state index contributed by atoms with van der Waals surface area (Å²) in [4.78, 5) is 18.0. The van der Waals surface area contributed by atoms with Crippen molar-refractivity contribution in [2.75, 3.05) is 30.9 Å². The molecule has 0 unspecified atom stereocenters. The Balaban J connectivity index is 1.34. The van der Waals surface area contributed by atoms with Crippen LogP contribution in [0.1, 0.15) is 64.2 Å². The second kappa shape index (κ2) is 8.43. The standard InChI is InChI=1S/C26H39N3O/c1-28(2)24-10-8-23(9-11-24)27-26(30)29(17-18-6-4-3-5-7-18)25-21-13-19-12-20(15-21)16-22(25)14-19/h8-11,18-22,25H,3-7,12-17H2,1-2H3,(H,27,30). The van der Waals surface area contributed by atoms with Crippen molar-refractivity contribution in [2.45, 2.75) is 70.3 Å². The highest BCUT2D eigenvalue weighted by Gasteiger charge is 2.51. The highest BCUT2D eigenvalue weighted by molar-refractivity contribution is 5.89. The quantitative estimate of drug-likeness (QED) is 0.648. The van der Waals surface area contributed by atoms with Gasteiger partial charge in [0.15, 0.2) is 0 Å². The molecule has 4 nitrogen and oxygen atoms in total. The van der Waals surface area contributed by atoms with Crippen LogP contribution in [0.15, 0.2) is 24.3 Å². The van der Waals surface area contributed by atoms with Crippen molar-refractivity contribution in [3.8, 4) is 0 Å². The third kappa shape index (κ3) is 4.07. The molecule has 0 saturated heterocycles. The van der Waals surface area contributed by atoms with Crippen LogP contribution >= 0.6 is 0 Å². The lowest BCUT2D eigenvalue weighted by Crippen LogP contribution is -2.59. The summed E-state index contributed by atoms with van der Waals surface area (Å²) in [6.07, 6.45) is 13.6. The summed E-state index contributed by atoms with van der Waals surface area (Å²) in [6.45, 7) is 0.967. The molecule has 164 valence electrons. The smallest absolute Gasteiger partial charge is 0.322 e. The van der Waals surface area contributed by atoms with Gasteiger partial charge in [0.2, 0.25) is 0 Å². The van der Waals surface area contributed by atoms with E-state index in [2.05, 4.69) is 27.2 Å². The van der Waals surface area contributed by atoms with Gasteiger partial charge in [-0.05, 0) is 98.8 Å². The molecule has 1 aromatic carbocycles. The average molecular weight is 410 g/mol. The lowest BCUT2D eigenvalue weighted by atomic mass is 9.54. The van der Waals surface area contributed by atoms with Crippen molar-refractivity contribution in [3.63, 3.8) is 0 Å². The van der Waals surface area contributed by atoms with Crippen LogP contribution in [-0.2, 0) is 0 Å². The molecule has 4 bridgehead atoms. The number of carbonyl (C=O) groups is 1. The number of anilines is 2. The summed E-state index contributed by atoms with van der Waals surface area (Å²) < 4.78 is 0. The summed E-state index contributed by atoms with van der Waals surface area (Å²) in [5.41, 5.74) is 2.08. The molecule has 0 atom stereocenters. The zero-order chi connectivity index (χ0) is 20.7. The fourth-order valence-corrected chi connectivity index (χ4v) is 7.43. The Labute approximate surface area is 182 Å². The van der Waals surface area contributed by atoms with Gasteiger partial charge in [0.25, 0.3) is 0 Å². The fraction of sp³-hybridized carbons (Fsp3) is 0.731. The number of carbonyl (C=O) groups excluding carboxylic acids is 1. The number of nitrogens with one attached hydrogen (secondary N) is 1. The second-order valence-electron chi connectivity index (χ2n) is 10.9. The maximum absolute atomic E-state index is 13.6. The molecule has 1 aromatic rings. The molecule has 2 amide bonds. The van der Waals surface area contributed by atoms with Gasteiger partial charge < -0.3 is 15.1 Å². The van der Waals surface area contributed by atoms with Crippen LogP contribution in [0.3, 0.4) is 0 Å². The molecule has 5 saturated carbocycles. The van der Waals surface area contributed by atoms with Crippen molar-refractivity contribution in [3.05, 3.63) is 24.3 Å². The average Bonchev–Trinajstić information content (AvgIpc) is 2.73. The number of rotatable bonds is 5.